The molecule has 0 unspecified atom stereocenters. The van der Waals surface area contributed by atoms with Crippen LogP contribution in [0.5, 0.6) is 0 Å². The molecule has 2 rings (SSSR count). The van der Waals surface area contributed by atoms with E-state index in [9.17, 15) is 9.59 Å². The van der Waals surface area contributed by atoms with E-state index >= 15 is 0 Å². The molecule has 0 aliphatic rings. The number of carboxylic acids is 1. The first kappa shape index (κ1) is 14.8. The highest BCUT2D eigenvalue weighted by atomic mass is 16.4. The average molecular weight is 283 g/mol. The predicted octanol–water partition coefficient (Wildman–Crippen LogP) is 2.93. The Hall–Kier alpha value is -2.62. The lowest BCUT2D eigenvalue weighted by Gasteiger charge is -2.10. The number of carbonyl (C=O) groups is 2. The number of carbonyl (C=O) groups excluding carboxylic acids is 1. The molecule has 0 saturated carbocycles. The monoisotopic (exact) mass is 283 g/mol. The average Bonchev–Trinajstić information content (AvgIpc) is 2.48. The van der Waals surface area contributed by atoms with Crippen molar-refractivity contribution < 1.29 is 14.7 Å². The van der Waals surface area contributed by atoms with Gasteiger partial charge in [-0.25, -0.2) is 4.79 Å². The first-order valence-corrected chi connectivity index (χ1v) is 6.65. The van der Waals surface area contributed by atoms with Crippen molar-refractivity contribution in [2.75, 3.05) is 0 Å². The highest BCUT2D eigenvalue weighted by Gasteiger charge is 2.10. The van der Waals surface area contributed by atoms with E-state index in [2.05, 4.69) is 5.32 Å². The number of rotatable bonds is 4. The maximum Gasteiger partial charge on any atom is 0.335 e. The van der Waals surface area contributed by atoms with Crippen LogP contribution in [0.15, 0.2) is 42.5 Å². The number of hydrogen-bond acceptors (Lipinski definition) is 2. The number of hydrogen-bond donors (Lipinski definition) is 2. The van der Waals surface area contributed by atoms with Gasteiger partial charge in [0.2, 0.25) is 0 Å². The summed E-state index contributed by atoms with van der Waals surface area (Å²) in [5.41, 5.74) is 3.64. The molecule has 4 nitrogen and oxygen atoms in total. The fourth-order valence-corrected chi connectivity index (χ4v) is 2.09. The van der Waals surface area contributed by atoms with Gasteiger partial charge in [0.1, 0.15) is 0 Å². The number of benzene rings is 2. The SMILES string of the molecule is Cc1cccc(C(=O)NCc2cccc(C(=O)O)c2)c1C. The Balaban J connectivity index is 2.09. The molecule has 2 aromatic carbocycles. The van der Waals surface area contributed by atoms with Crippen molar-refractivity contribution in [2.24, 2.45) is 0 Å². The number of carboxylic acid groups (broad SMARTS) is 1. The summed E-state index contributed by atoms with van der Waals surface area (Å²) >= 11 is 0. The van der Waals surface area contributed by atoms with Gasteiger partial charge >= 0.3 is 5.97 Å². The summed E-state index contributed by atoms with van der Waals surface area (Å²) in [4.78, 5) is 23.1. The summed E-state index contributed by atoms with van der Waals surface area (Å²) < 4.78 is 0. The minimum absolute atomic E-state index is 0.156. The molecular formula is C17H17NO3. The van der Waals surface area contributed by atoms with Gasteiger partial charge in [-0.15, -0.1) is 0 Å². The van der Waals surface area contributed by atoms with Gasteiger partial charge in [0, 0.05) is 12.1 Å². The van der Waals surface area contributed by atoms with Gasteiger partial charge in [0.25, 0.3) is 5.91 Å². The molecule has 0 spiro atoms. The number of aryl methyl sites for hydroxylation is 1. The third-order valence-electron chi connectivity index (χ3n) is 3.48. The van der Waals surface area contributed by atoms with E-state index in [0.717, 1.165) is 16.7 Å². The van der Waals surface area contributed by atoms with Crippen LogP contribution in [0, 0.1) is 13.8 Å². The van der Waals surface area contributed by atoms with Crippen LogP contribution >= 0.6 is 0 Å². The Kier molecular flexibility index (Phi) is 4.38. The Labute approximate surface area is 123 Å². The molecule has 108 valence electrons. The molecule has 0 aliphatic carbocycles. The summed E-state index contributed by atoms with van der Waals surface area (Å²) in [5, 5.41) is 11.8. The molecule has 2 aromatic rings. The smallest absolute Gasteiger partial charge is 0.335 e. The maximum atomic E-state index is 12.2. The highest BCUT2D eigenvalue weighted by Crippen LogP contribution is 2.13. The van der Waals surface area contributed by atoms with Crippen molar-refractivity contribution in [1.82, 2.24) is 5.32 Å². The van der Waals surface area contributed by atoms with Gasteiger partial charge in [-0.05, 0) is 48.7 Å². The fraction of sp³-hybridized carbons (Fsp3) is 0.176. The zero-order chi connectivity index (χ0) is 15.4. The first-order chi connectivity index (χ1) is 9.99. The molecule has 2 N–H and O–H groups in total. The Bertz CT molecular complexity index is 692. The van der Waals surface area contributed by atoms with E-state index in [1.165, 1.54) is 6.07 Å². The molecule has 0 saturated heterocycles. The fourth-order valence-electron chi connectivity index (χ4n) is 2.09. The van der Waals surface area contributed by atoms with Crippen LogP contribution in [0.1, 0.15) is 37.4 Å². The van der Waals surface area contributed by atoms with Crippen LogP contribution in [0.3, 0.4) is 0 Å². The van der Waals surface area contributed by atoms with Gasteiger partial charge in [-0.2, -0.15) is 0 Å². The van der Waals surface area contributed by atoms with Gasteiger partial charge in [0.05, 0.1) is 5.56 Å². The summed E-state index contributed by atoms with van der Waals surface area (Å²) in [7, 11) is 0. The molecule has 0 atom stereocenters. The standard InChI is InChI=1S/C17H17NO3/c1-11-5-3-8-15(12(11)2)16(19)18-10-13-6-4-7-14(9-13)17(20)21/h3-9H,10H2,1-2H3,(H,18,19)(H,20,21). The second kappa shape index (κ2) is 6.22. The zero-order valence-electron chi connectivity index (χ0n) is 12.0. The zero-order valence-corrected chi connectivity index (χ0v) is 12.0. The third kappa shape index (κ3) is 3.48. The van der Waals surface area contributed by atoms with Crippen LogP contribution in [0.4, 0.5) is 0 Å². The lowest BCUT2D eigenvalue weighted by molar-refractivity contribution is 0.0696. The van der Waals surface area contributed by atoms with E-state index in [1.807, 2.05) is 26.0 Å². The number of amides is 1. The van der Waals surface area contributed by atoms with E-state index in [-0.39, 0.29) is 11.5 Å². The maximum absolute atomic E-state index is 12.2. The molecule has 0 fully saturated rings. The predicted molar refractivity (Wildman–Crippen MR) is 80.5 cm³/mol. The second-order valence-electron chi connectivity index (χ2n) is 4.94. The van der Waals surface area contributed by atoms with Crippen molar-refractivity contribution in [1.29, 1.82) is 0 Å². The summed E-state index contributed by atoms with van der Waals surface area (Å²) in [6.45, 7) is 4.17. The normalized spacial score (nSPS) is 10.2. The van der Waals surface area contributed by atoms with Gasteiger partial charge in [-0.3, -0.25) is 4.79 Å². The molecule has 0 bridgehead atoms. The van der Waals surface area contributed by atoms with Crippen LogP contribution in [-0.2, 0) is 6.54 Å². The Morgan fingerprint density at radius 2 is 1.81 bits per heavy atom. The quantitative estimate of drug-likeness (QED) is 0.906. The Morgan fingerprint density at radius 3 is 2.52 bits per heavy atom. The van der Waals surface area contributed by atoms with Crippen molar-refractivity contribution in [3.63, 3.8) is 0 Å². The number of nitrogens with one attached hydrogen (secondary N) is 1. The topological polar surface area (TPSA) is 66.4 Å². The molecule has 0 aromatic heterocycles. The van der Waals surface area contributed by atoms with Crippen molar-refractivity contribution >= 4 is 11.9 Å². The van der Waals surface area contributed by atoms with Crippen molar-refractivity contribution in [3.8, 4) is 0 Å². The van der Waals surface area contributed by atoms with Crippen LogP contribution in [0.25, 0.3) is 0 Å². The van der Waals surface area contributed by atoms with Gasteiger partial charge in [-0.1, -0.05) is 24.3 Å². The molecule has 0 aliphatic heterocycles. The largest absolute Gasteiger partial charge is 0.478 e. The van der Waals surface area contributed by atoms with Gasteiger partial charge < -0.3 is 10.4 Å². The Morgan fingerprint density at radius 1 is 1.10 bits per heavy atom. The molecular weight excluding hydrogens is 266 g/mol. The number of aromatic carboxylic acids is 1. The minimum Gasteiger partial charge on any atom is -0.478 e. The van der Waals surface area contributed by atoms with Crippen molar-refractivity contribution in [2.45, 2.75) is 20.4 Å². The van der Waals surface area contributed by atoms with Crippen molar-refractivity contribution in [3.05, 3.63) is 70.3 Å². The lowest BCUT2D eigenvalue weighted by atomic mass is 10.0. The first-order valence-electron chi connectivity index (χ1n) is 6.65. The lowest BCUT2D eigenvalue weighted by Crippen LogP contribution is -2.24. The molecule has 4 heteroatoms. The van der Waals surface area contributed by atoms with E-state index in [0.29, 0.717) is 12.1 Å². The molecule has 1 amide bonds. The molecule has 21 heavy (non-hydrogen) atoms. The second-order valence-corrected chi connectivity index (χ2v) is 4.94. The van der Waals surface area contributed by atoms with Crippen LogP contribution in [-0.4, -0.2) is 17.0 Å². The molecule has 0 radical (unpaired) electrons. The van der Waals surface area contributed by atoms with E-state index < -0.39 is 5.97 Å². The minimum atomic E-state index is -0.974. The molecule has 0 heterocycles. The summed E-state index contributed by atoms with van der Waals surface area (Å²) in [5.74, 6) is -1.13. The highest BCUT2D eigenvalue weighted by molar-refractivity contribution is 5.95. The van der Waals surface area contributed by atoms with Crippen LogP contribution < -0.4 is 5.32 Å². The van der Waals surface area contributed by atoms with Crippen LogP contribution in [0.2, 0.25) is 0 Å². The summed E-state index contributed by atoms with van der Waals surface area (Å²) in [6, 6.07) is 12.1. The van der Waals surface area contributed by atoms with Gasteiger partial charge in [0.15, 0.2) is 0 Å². The summed E-state index contributed by atoms with van der Waals surface area (Å²) in [6.07, 6.45) is 0. The van der Waals surface area contributed by atoms with E-state index in [4.69, 9.17) is 5.11 Å². The third-order valence-corrected chi connectivity index (χ3v) is 3.48. The van der Waals surface area contributed by atoms with E-state index in [1.54, 1.807) is 24.3 Å².